The van der Waals surface area contributed by atoms with Crippen LogP contribution in [0.15, 0.2) is 58.3 Å². The van der Waals surface area contributed by atoms with Crippen molar-refractivity contribution >= 4 is 34.3 Å². The van der Waals surface area contributed by atoms with Crippen molar-refractivity contribution in [1.82, 2.24) is 9.91 Å². The third-order valence-corrected chi connectivity index (χ3v) is 8.39. The lowest BCUT2D eigenvalue weighted by atomic mass is 10.0. The number of amides is 1. The summed E-state index contributed by atoms with van der Waals surface area (Å²) in [5.74, 6) is 1.67. The van der Waals surface area contributed by atoms with Gasteiger partial charge in [-0.05, 0) is 60.0 Å². The average Bonchev–Trinajstić information content (AvgIpc) is 3.64. The molecular weight excluding hydrogens is 454 g/mol. The Kier molecular flexibility index (Phi) is 5.65. The Hall–Kier alpha value is -2.68. The number of hydrogen-bond donors (Lipinski definition) is 0. The molecule has 2 unspecified atom stereocenters. The van der Waals surface area contributed by atoms with Crippen LogP contribution in [0, 0.1) is 0 Å². The number of nitrogens with zero attached hydrogens (tertiary/aromatic N) is 3. The molecule has 3 aromatic rings. The SMILES string of the molecule is O=C(CN1CCCC1c1ccc2c(c1)OCCO2)N1N=C(c2cccs2)CC1c1cccs1. The second-order valence-corrected chi connectivity index (χ2v) is 10.5. The molecule has 0 aliphatic carbocycles. The predicted molar refractivity (Wildman–Crippen MR) is 130 cm³/mol. The largest absolute Gasteiger partial charge is 0.486 e. The van der Waals surface area contributed by atoms with Crippen LogP contribution in [-0.2, 0) is 4.79 Å². The molecule has 8 heteroatoms. The Labute approximate surface area is 201 Å². The fraction of sp³-hybridized carbons (Fsp3) is 0.360. The van der Waals surface area contributed by atoms with E-state index in [1.807, 2.05) is 18.2 Å². The summed E-state index contributed by atoms with van der Waals surface area (Å²) < 4.78 is 11.5. The standard InChI is InChI=1S/C25H25N3O3S2/c29-25(28-20(24-6-3-13-33-24)15-18(26-28)23-5-2-12-32-23)16-27-9-1-4-19(27)17-7-8-21-22(14-17)31-11-10-30-21/h2-3,5-8,12-14,19-20H,1,4,9-11,15-16H2. The second-order valence-electron chi connectivity index (χ2n) is 8.53. The van der Waals surface area contributed by atoms with Gasteiger partial charge >= 0.3 is 0 Å². The number of rotatable bonds is 5. The summed E-state index contributed by atoms with van der Waals surface area (Å²) in [6.45, 7) is 2.44. The first-order valence-corrected chi connectivity index (χ1v) is 13.1. The Morgan fingerprint density at radius 2 is 1.88 bits per heavy atom. The third kappa shape index (κ3) is 4.07. The van der Waals surface area contributed by atoms with Crippen LogP contribution in [0.5, 0.6) is 11.5 Å². The highest BCUT2D eigenvalue weighted by Gasteiger charge is 2.36. The Bertz CT molecular complexity index is 1160. The van der Waals surface area contributed by atoms with Crippen LogP contribution in [0.2, 0.25) is 0 Å². The average molecular weight is 480 g/mol. The predicted octanol–water partition coefficient (Wildman–Crippen LogP) is 5.10. The minimum absolute atomic E-state index is 0.0232. The maximum atomic E-state index is 13.6. The van der Waals surface area contributed by atoms with Gasteiger partial charge in [0.1, 0.15) is 13.2 Å². The van der Waals surface area contributed by atoms with Crippen molar-refractivity contribution in [2.24, 2.45) is 5.10 Å². The van der Waals surface area contributed by atoms with Crippen LogP contribution in [0.4, 0.5) is 0 Å². The number of carbonyl (C=O) groups excluding carboxylic acids is 1. The third-order valence-electron chi connectivity index (χ3n) is 6.50. The zero-order valence-corrected chi connectivity index (χ0v) is 19.8. The van der Waals surface area contributed by atoms with E-state index in [1.165, 1.54) is 10.4 Å². The fourth-order valence-corrected chi connectivity index (χ4v) is 6.47. The van der Waals surface area contributed by atoms with Crippen LogP contribution in [0.3, 0.4) is 0 Å². The molecule has 0 bridgehead atoms. The van der Waals surface area contributed by atoms with Crippen molar-refractivity contribution in [3.8, 4) is 11.5 Å². The van der Waals surface area contributed by atoms with Gasteiger partial charge in [-0.2, -0.15) is 5.10 Å². The highest BCUT2D eigenvalue weighted by Crippen LogP contribution is 2.39. The van der Waals surface area contributed by atoms with Crippen LogP contribution < -0.4 is 9.47 Å². The molecular formula is C25H25N3O3S2. The van der Waals surface area contributed by atoms with Gasteiger partial charge in [0, 0.05) is 17.3 Å². The molecule has 5 heterocycles. The maximum absolute atomic E-state index is 13.6. The molecule has 0 radical (unpaired) electrons. The molecule has 6 nitrogen and oxygen atoms in total. The molecule has 170 valence electrons. The maximum Gasteiger partial charge on any atom is 0.257 e. The Morgan fingerprint density at radius 1 is 1.03 bits per heavy atom. The lowest BCUT2D eigenvalue weighted by molar-refractivity contribution is -0.134. The summed E-state index contributed by atoms with van der Waals surface area (Å²) in [5.41, 5.74) is 2.19. The first-order chi connectivity index (χ1) is 16.3. The van der Waals surface area contributed by atoms with Gasteiger partial charge in [-0.1, -0.05) is 18.2 Å². The van der Waals surface area contributed by atoms with Crippen molar-refractivity contribution in [3.05, 3.63) is 68.5 Å². The normalized spacial score (nSPS) is 22.5. The summed E-state index contributed by atoms with van der Waals surface area (Å²) in [6.07, 6.45) is 2.87. The van der Waals surface area contributed by atoms with Crippen molar-refractivity contribution in [2.75, 3.05) is 26.3 Å². The first kappa shape index (κ1) is 20.9. The van der Waals surface area contributed by atoms with Crippen LogP contribution in [0.25, 0.3) is 0 Å². The number of likely N-dealkylation sites (tertiary alicyclic amines) is 1. The molecule has 2 aromatic heterocycles. The summed E-state index contributed by atoms with van der Waals surface area (Å²) >= 11 is 3.37. The van der Waals surface area contributed by atoms with E-state index in [0.717, 1.165) is 47.9 Å². The molecule has 3 aliphatic heterocycles. The second kappa shape index (κ2) is 8.93. The molecule has 1 aromatic carbocycles. The van der Waals surface area contributed by atoms with Gasteiger partial charge in [0.05, 0.1) is 23.2 Å². The van der Waals surface area contributed by atoms with Gasteiger partial charge in [0.15, 0.2) is 11.5 Å². The van der Waals surface area contributed by atoms with Gasteiger partial charge in [-0.15, -0.1) is 22.7 Å². The minimum atomic E-state index is -0.0232. The van der Waals surface area contributed by atoms with E-state index in [4.69, 9.17) is 14.6 Å². The number of fused-ring (bicyclic) bond motifs is 1. The van der Waals surface area contributed by atoms with Gasteiger partial charge in [-0.3, -0.25) is 9.69 Å². The van der Waals surface area contributed by atoms with E-state index < -0.39 is 0 Å². The summed E-state index contributed by atoms with van der Waals surface area (Å²) in [7, 11) is 0. The highest BCUT2D eigenvalue weighted by molar-refractivity contribution is 7.12. The minimum Gasteiger partial charge on any atom is -0.486 e. The van der Waals surface area contributed by atoms with Crippen molar-refractivity contribution in [1.29, 1.82) is 0 Å². The molecule has 3 aliphatic rings. The van der Waals surface area contributed by atoms with E-state index in [9.17, 15) is 4.79 Å². The molecule has 33 heavy (non-hydrogen) atoms. The number of hydrogen-bond acceptors (Lipinski definition) is 7. The van der Waals surface area contributed by atoms with E-state index >= 15 is 0 Å². The van der Waals surface area contributed by atoms with Crippen LogP contribution >= 0.6 is 22.7 Å². The zero-order chi connectivity index (χ0) is 22.2. The van der Waals surface area contributed by atoms with Gasteiger partial charge in [0.25, 0.3) is 5.91 Å². The Morgan fingerprint density at radius 3 is 2.70 bits per heavy atom. The number of carbonyl (C=O) groups is 1. The van der Waals surface area contributed by atoms with E-state index in [1.54, 1.807) is 27.7 Å². The lowest BCUT2D eigenvalue weighted by Gasteiger charge is -2.28. The van der Waals surface area contributed by atoms with Crippen molar-refractivity contribution in [2.45, 2.75) is 31.3 Å². The number of thiophene rings is 2. The zero-order valence-electron chi connectivity index (χ0n) is 18.2. The van der Waals surface area contributed by atoms with E-state index in [2.05, 4.69) is 39.9 Å². The fourth-order valence-electron chi connectivity index (χ4n) is 4.94. The molecule has 0 N–H and O–H groups in total. The molecule has 1 saturated heterocycles. The topological polar surface area (TPSA) is 54.4 Å². The summed E-state index contributed by atoms with van der Waals surface area (Å²) in [5, 5.41) is 10.7. The van der Waals surface area contributed by atoms with Gasteiger partial charge in [0.2, 0.25) is 0 Å². The summed E-state index contributed by atoms with van der Waals surface area (Å²) in [6, 6.07) is 14.6. The van der Waals surface area contributed by atoms with Gasteiger partial charge in [-0.25, -0.2) is 5.01 Å². The smallest absolute Gasteiger partial charge is 0.257 e. The lowest BCUT2D eigenvalue weighted by Crippen LogP contribution is -2.37. The monoisotopic (exact) mass is 479 g/mol. The van der Waals surface area contributed by atoms with Crippen molar-refractivity contribution in [3.63, 3.8) is 0 Å². The Balaban J connectivity index is 1.23. The molecule has 0 spiro atoms. The molecule has 2 atom stereocenters. The number of benzene rings is 1. The highest BCUT2D eigenvalue weighted by atomic mass is 32.1. The van der Waals surface area contributed by atoms with Crippen LogP contribution in [0.1, 0.15) is 46.7 Å². The van der Waals surface area contributed by atoms with E-state index in [0.29, 0.717) is 19.8 Å². The number of hydrazone groups is 1. The van der Waals surface area contributed by atoms with E-state index in [-0.39, 0.29) is 18.0 Å². The first-order valence-electron chi connectivity index (χ1n) is 11.4. The van der Waals surface area contributed by atoms with Gasteiger partial charge < -0.3 is 9.47 Å². The molecule has 6 rings (SSSR count). The molecule has 1 amide bonds. The quantitative estimate of drug-likeness (QED) is 0.511. The van der Waals surface area contributed by atoms with Crippen molar-refractivity contribution < 1.29 is 14.3 Å². The molecule has 0 saturated carbocycles. The molecule has 1 fully saturated rings. The summed E-state index contributed by atoms with van der Waals surface area (Å²) in [4.78, 5) is 18.2. The number of ether oxygens (including phenoxy) is 2. The van der Waals surface area contributed by atoms with Crippen LogP contribution in [-0.4, -0.2) is 47.8 Å².